The molecule has 0 fully saturated rings. The van der Waals surface area contributed by atoms with Gasteiger partial charge < -0.3 is 0 Å². The number of benzene rings is 3. The zero-order valence-corrected chi connectivity index (χ0v) is 12.7. The molecule has 0 aliphatic heterocycles. The van der Waals surface area contributed by atoms with Crippen LogP contribution in [0.4, 0.5) is 0 Å². The maximum absolute atomic E-state index is 5.56. The molecule has 0 saturated heterocycles. The summed E-state index contributed by atoms with van der Waals surface area (Å²) in [6.45, 7) is 2.10. The molecule has 102 valence electrons. The molecule has 0 N–H and O–H groups in total. The van der Waals surface area contributed by atoms with E-state index < -0.39 is 0 Å². The summed E-state index contributed by atoms with van der Waals surface area (Å²) in [5, 5.41) is 0. The summed E-state index contributed by atoms with van der Waals surface area (Å²) >= 11 is 5.56. The summed E-state index contributed by atoms with van der Waals surface area (Å²) < 4.78 is 0. The average molecular weight is 288 g/mol. The Hall–Kier alpha value is -2.25. The van der Waals surface area contributed by atoms with Gasteiger partial charge in [0, 0.05) is 0 Å². The minimum absolute atomic E-state index is 0.894. The number of thiocarbonyl (C=S) groups is 1. The van der Waals surface area contributed by atoms with E-state index in [1.165, 1.54) is 16.7 Å². The first-order valence-corrected chi connectivity index (χ1v) is 7.42. The van der Waals surface area contributed by atoms with Crippen molar-refractivity contribution in [1.82, 2.24) is 0 Å². The zero-order valence-electron chi connectivity index (χ0n) is 11.9. The third kappa shape index (κ3) is 3.09. The second-order valence-electron chi connectivity index (χ2n) is 5.14. The fourth-order valence-corrected chi connectivity index (χ4v) is 2.59. The van der Waals surface area contributed by atoms with Crippen molar-refractivity contribution in [3.63, 3.8) is 0 Å². The predicted octanol–water partition coefficient (Wildman–Crippen LogP) is 5.43. The Bertz CT molecular complexity index is 738. The summed E-state index contributed by atoms with van der Waals surface area (Å²) in [6.07, 6.45) is 0. The molecule has 0 heterocycles. The Kier molecular flexibility index (Phi) is 3.94. The average Bonchev–Trinajstić information content (AvgIpc) is 2.56. The van der Waals surface area contributed by atoms with Gasteiger partial charge in [-0.25, -0.2) is 0 Å². The van der Waals surface area contributed by atoms with Crippen LogP contribution in [0.25, 0.3) is 11.1 Å². The Morgan fingerprint density at radius 3 is 1.67 bits per heavy atom. The van der Waals surface area contributed by atoms with Gasteiger partial charge in [-0.1, -0.05) is 96.6 Å². The number of hydrogen-bond acceptors (Lipinski definition) is 1. The lowest BCUT2D eigenvalue weighted by molar-refractivity contribution is 1.47. The molecule has 3 aromatic carbocycles. The van der Waals surface area contributed by atoms with Crippen LogP contribution >= 0.6 is 12.2 Å². The van der Waals surface area contributed by atoms with Gasteiger partial charge in [0.1, 0.15) is 0 Å². The maximum Gasteiger partial charge on any atom is 0.0521 e. The van der Waals surface area contributed by atoms with Gasteiger partial charge in [-0.2, -0.15) is 0 Å². The van der Waals surface area contributed by atoms with Gasteiger partial charge in [0.05, 0.1) is 4.86 Å². The third-order valence-corrected chi connectivity index (χ3v) is 4.04. The van der Waals surface area contributed by atoms with Crippen molar-refractivity contribution in [3.8, 4) is 11.1 Å². The SMILES string of the molecule is Cc1ccc(-c2ccc(C(=S)c3ccccc3)cc2)cc1. The lowest BCUT2D eigenvalue weighted by Gasteiger charge is -2.07. The highest BCUT2D eigenvalue weighted by Crippen LogP contribution is 2.21. The van der Waals surface area contributed by atoms with E-state index in [1.807, 2.05) is 18.2 Å². The summed E-state index contributed by atoms with van der Waals surface area (Å²) in [5.74, 6) is 0. The second-order valence-corrected chi connectivity index (χ2v) is 5.55. The lowest BCUT2D eigenvalue weighted by atomic mass is 10.00. The Morgan fingerprint density at radius 2 is 1.10 bits per heavy atom. The predicted molar refractivity (Wildman–Crippen MR) is 93.9 cm³/mol. The molecular formula is C20H16S. The van der Waals surface area contributed by atoms with Gasteiger partial charge in [0.2, 0.25) is 0 Å². The van der Waals surface area contributed by atoms with Crippen molar-refractivity contribution in [1.29, 1.82) is 0 Å². The van der Waals surface area contributed by atoms with Crippen molar-refractivity contribution in [3.05, 3.63) is 95.6 Å². The molecule has 1 heteroatoms. The highest BCUT2D eigenvalue weighted by Gasteiger charge is 2.04. The molecule has 0 unspecified atom stereocenters. The summed E-state index contributed by atoms with van der Waals surface area (Å²) in [7, 11) is 0. The largest absolute Gasteiger partial charge is 0.0788 e. The van der Waals surface area contributed by atoms with E-state index in [0.29, 0.717) is 0 Å². The van der Waals surface area contributed by atoms with Gasteiger partial charge in [0.15, 0.2) is 0 Å². The van der Waals surface area contributed by atoms with Crippen LogP contribution in [0.15, 0.2) is 78.9 Å². The van der Waals surface area contributed by atoms with Gasteiger partial charge in [0.25, 0.3) is 0 Å². The van der Waals surface area contributed by atoms with Crippen LogP contribution in [0.2, 0.25) is 0 Å². The summed E-state index contributed by atoms with van der Waals surface area (Å²) in [6, 6.07) is 27.2. The first-order chi connectivity index (χ1) is 10.2. The maximum atomic E-state index is 5.56. The molecule has 21 heavy (non-hydrogen) atoms. The fourth-order valence-electron chi connectivity index (χ4n) is 2.32. The van der Waals surface area contributed by atoms with Crippen molar-refractivity contribution in [2.24, 2.45) is 0 Å². The lowest BCUT2D eigenvalue weighted by Crippen LogP contribution is -1.98. The van der Waals surface area contributed by atoms with Crippen LogP contribution in [0.1, 0.15) is 16.7 Å². The number of rotatable bonds is 3. The van der Waals surface area contributed by atoms with E-state index in [0.717, 1.165) is 16.0 Å². The van der Waals surface area contributed by atoms with Crippen LogP contribution in [0.3, 0.4) is 0 Å². The van der Waals surface area contributed by atoms with Crippen LogP contribution in [0.5, 0.6) is 0 Å². The molecule has 0 amide bonds. The highest BCUT2D eigenvalue weighted by molar-refractivity contribution is 7.81. The molecule has 3 rings (SSSR count). The molecule has 0 spiro atoms. The van der Waals surface area contributed by atoms with Gasteiger partial charge in [-0.3, -0.25) is 0 Å². The normalized spacial score (nSPS) is 10.3. The van der Waals surface area contributed by atoms with E-state index >= 15 is 0 Å². The van der Waals surface area contributed by atoms with Crippen LogP contribution < -0.4 is 0 Å². The van der Waals surface area contributed by atoms with Crippen molar-refractivity contribution in [2.75, 3.05) is 0 Å². The molecule has 0 saturated carbocycles. The fraction of sp³-hybridized carbons (Fsp3) is 0.0500. The zero-order chi connectivity index (χ0) is 14.7. The number of hydrogen-bond donors (Lipinski definition) is 0. The molecule has 0 aromatic heterocycles. The molecule has 0 atom stereocenters. The molecule has 0 nitrogen and oxygen atoms in total. The first-order valence-electron chi connectivity index (χ1n) is 7.01. The quantitative estimate of drug-likeness (QED) is 0.457. The van der Waals surface area contributed by atoms with Crippen LogP contribution in [-0.2, 0) is 0 Å². The summed E-state index contributed by atoms with van der Waals surface area (Å²) in [5.41, 5.74) is 5.91. The van der Waals surface area contributed by atoms with Gasteiger partial charge in [-0.05, 0) is 29.2 Å². The molecule has 3 aromatic rings. The van der Waals surface area contributed by atoms with Crippen molar-refractivity contribution in [2.45, 2.75) is 6.92 Å². The van der Waals surface area contributed by atoms with Gasteiger partial charge >= 0.3 is 0 Å². The Labute approximate surface area is 131 Å². The van der Waals surface area contributed by atoms with Gasteiger partial charge in [-0.15, -0.1) is 0 Å². The molecule has 0 aliphatic carbocycles. The van der Waals surface area contributed by atoms with Crippen LogP contribution in [0, 0.1) is 6.92 Å². The van der Waals surface area contributed by atoms with E-state index in [2.05, 4.69) is 67.6 Å². The second kappa shape index (κ2) is 6.02. The molecular weight excluding hydrogens is 272 g/mol. The number of aryl methyl sites for hydroxylation is 1. The summed E-state index contributed by atoms with van der Waals surface area (Å²) in [4.78, 5) is 0.894. The van der Waals surface area contributed by atoms with Crippen molar-refractivity contribution < 1.29 is 0 Å². The molecule has 0 bridgehead atoms. The Morgan fingerprint density at radius 1 is 0.619 bits per heavy atom. The minimum atomic E-state index is 0.894. The smallest absolute Gasteiger partial charge is 0.0521 e. The van der Waals surface area contributed by atoms with E-state index in [9.17, 15) is 0 Å². The van der Waals surface area contributed by atoms with Crippen molar-refractivity contribution >= 4 is 17.1 Å². The minimum Gasteiger partial charge on any atom is -0.0788 e. The monoisotopic (exact) mass is 288 g/mol. The van der Waals surface area contributed by atoms with E-state index in [4.69, 9.17) is 12.2 Å². The standard InChI is InChI=1S/C20H16S/c1-15-7-9-16(10-8-15)17-11-13-19(14-12-17)20(21)18-5-3-2-4-6-18/h2-14H,1H3. The molecule has 0 aliphatic rings. The molecule has 0 radical (unpaired) electrons. The topological polar surface area (TPSA) is 0 Å². The third-order valence-electron chi connectivity index (χ3n) is 3.57. The Balaban J connectivity index is 1.87. The highest BCUT2D eigenvalue weighted by atomic mass is 32.1. The van der Waals surface area contributed by atoms with E-state index in [1.54, 1.807) is 0 Å². The van der Waals surface area contributed by atoms with E-state index in [-0.39, 0.29) is 0 Å². The van der Waals surface area contributed by atoms with Crippen LogP contribution in [-0.4, -0.2) is 4.86 Å². The first kappa shape index (κ1) is 13.7.